The SMILES string of the molecule is COC1CCN(C(=O)c2ccc(C(=O)CC[C@@H](O)CCC3Cc4ccccc4C3)cc2)C1. The molecule has 1 saturated heterocycles. The van der Waals surface area contributed by atoms with Crippen molar-refractivity contribution >= 4 is 11.7 Å². The van der Waals surface area contributed by atoms with Gasteiger partial charge in [0.25, 0.3) is 5.91 Å². The number of ether oxygens (including phenoxy) is 1. The number of carbonyl (C=O) groups excluding carboxylic acids is 2. The lowest BCUT2D eigenvalue weighted by atomic mass is 9.95. The molecule has 32 heavy (non-hydrogen) atoms. The minimum atomic E-state index is -0.451. The van der Waals surface area contributed by atoms with Crippen LogP contribution in [-0.4, -0.2) is 54.1 Å². The van der Waals surface area contributed by atoms with E-state index in [0.717, 1.165) is 32.1 Å². The zero-order valence-electron chi connectivity index (χ0n) is 18.8. The van der Waals surface area contributed by atoms with Crippen LogP contribution in [0.3, 0.4) is 0 Å². The second-order valence-electron chi connectivity index (χ2n) is 9.21. The maximum Gasteiger partial charge on any atom is 0.253 e. The summed E-state index contributed by atoms with van der Waals surface area (Å²) in [5.41, 5.74) is 4.06. The first-order chi connectivity index (χ1) is 15.5. The van der Waals surface area contributed by atoms with Crippen LogP contribution in [0, 0.1) is 5.92 Å². The molecular weight excluding hydrogens is 402 g/mol. The number of likely N-dealkylation sites (tertiary alicyclic amines) is 1. The van der Waals surface area contributed by atoms with Gasteiger partial charge in [0.05, 0.1) is 12.2 Å². The Hall–Kier alpha value is -2.50. The van der Waals surface area contributed by atoms with Crippen LogP contribution < -0.4 is 0 Å². The van der Waals surface area contributed by atoms with Crippen LogP contribution in [0.5, 0.6) is 0 Å². The lowest BCUT2D eigenvalue weighted by molar-refractivity contribution is 0.0724. The van der Waals surface area contributed by atoms with Gasteiger partial charge in [-0.25, -0.2) is 0 Å². The Balaban J connectivity index is 1.20. The molecule has 1 heterocycles. The minimum absolute atomic E-state index is 0.0111. The summed E-state index contributed by atoms with van der Waals surface area (Å²) < 4.78 is 5.33. The molecule has 5 heteroatoms. The maximum atomic E-state index is 12.6. The third kappa shape index (κ3) is 5.45. The Bertz CT molecular complexity index is 914. The number of rotatable bonds is 9. The summed E-state index contributed by atoms with van der Waals surface area (Å²) in [5.74, 6) is 0.586. The molecule has 0 radical (unpaired) electrons. The van der Waals surface area contributed by atoms with Crippen molar-refractivity contribution in [3.8, 4) is 0 Å². The van der Waals surface area contributed by atoms with Crippen molar-refractivity contribution in [3.63, 3.8) is 0 Å². The Labute approximate surface area is 190 Å². The standard InChI is InChI=1S/C27H33NO4/c1-32-25-14-15-28(18-25)27(31)21-9-7-20(8-10-21)26(30)13-12-24(29)11-6-19-16-22-4-2-3-5-23(22)17-19/h2-5,7-10,19,24-25,29H,6,11-18H2,1H3/t24-,25?/m0/s1. The highest BCUT2D eigenvalue weighted by atomic mass is 16.5. The van der Waals surface area contributed by atoms with E-state index in [1.165, 1.54) is 11.1 Å². The number of fused-ring (bicyclic) bond motifs is 1. The molecular formula is C27H33NO4. The summed E-state index contributed by atoms with van der Waals surface area (Å²) in [7, 11) is 1.67. The fraction of sp³-hybridized carbons (Fsp3) is 0.481. The van der Waals surface area contributed by atoms with E-state index in [-0.39, 0.29) is 17.8 Å². The minimum Gasteiger partial charge on any atom is -0.393 e. The summed E-state index contributed by atoms with van der Waals surface area (Å²) in [4.78, 5) is 27.0. The second kappa shape index (κ2) is 10.4. The zero-order valence-corrected chi connectivity index (χ0v) is 18.8. The number of methoxy groups -OCH3 is 1. The van der Waals surface area contributed by atoms with Crippen LogP contribution in [0.15, 0.2) is 48.5 Å². The highest BCUT2D eigenvalue weighted by Gasteiger charge is 2.27. The van der Waals surface area contributed by atoms with Gasteiger partial charge in [-0.15, -0.1) is 0 Å². The molecule has 170 valence electrons. The van der Waals surface area contributed by atoms with E-state index in [1.54, 1.807) is 36.3 Å². The van der Waals surface area contributed by atoms with Crippen LogP contribution in [0.2, 0.25) is 0 Å². The van der Waals surface area contributed by atoms with E-state index in [4.69, 9.17) is 4.74 Å². The Kier molecular flexibility index (Phi) is 7.38. The predicted molar refractivity (Wildman–Crippen MR) is 124 cm³/mol. The van der Waals surface area contributed by atoms with Crippen LogP contribution in [0.1, 0.15) is 63.9 Å². The molecule has 0 spiro atoms. The fourth-order valence-corrected chi connectivity index (χ4v) is 4.95. The van der Waals surface area contributed by atoms with Crippen molar-refractivity contribution in [3.05, 3.63) is 70.8 Å². The summed E-state index contributed by atoms with van der Waals surface area (Å²) in [6.45, 7) is 1.31. The summed E-state index contributed by atoms with van der Waals surface area (Å²) in [6.07, 6.45) is 5.22. The average molecular weight is 436 g/mol. The molecule has 4 rings (SSSR count). The van der Waals surface area contributed by atoms with Gasteiger partial charge in [0.15, 0.2) is 5.78 Å². The summed E-state index contributed by atoms with van der Waals surface area (Å²) in [6, 6.07) is 15.5. The van der Waals surface area contributed by atoms with Crippen LogP contribution >= 0.6 is 0 Å². The van der Waals surface area contributed by atoms with E-state index in [2.05, 4.69) is 24.3 Å². The number of ketones is 1. The summed E-state index contributed by atoms with van der Waals surface area (Å²) >= 11 is 0. The molecule has 0 saturated carbocycles. The first-order valence-corrected chi connectivity index (χ1v) is 11.7. The largest absolute Gasteiger partial charge is 0.393 e. The molecule has 0 aromatic heterocycles. The zero-order chi connectivity index (χ0) is 22.5. The summed E-state index contributed by atoms with van der Waals surface area (Å²) in [5, 5.41) is 10.4. The Morgan fingerprint density at radius 1 is 1.03 bits per heavy atom. The fourth-order valence-electron chi connectivity index (χ4n) is 4.95. The van der Waals surface area contributed by atoms with Crippen molar-refractivity contribution in [2.45, 2.75) is 57.2 Å². The number of hydrogen-bond donors (Lipinski definition) is 1. The molecule has 0 bridgehead atoms. The highest BCUT2D eigenvalue weighted by Crippen LogP contribution is 2.30. The van der Waals surface area contributed by atoms with Crippen LogP contribution in [0.25, 0.3) is 0 Å². The van der Waals surface area contributed by atoms with Gasteiger partial charge >= 0.3 is 0 Å². The third-order valence-corrected chi connectivity index (χ3v) is 6.97. The van der Waals surface area contributed by atoms with Gasteiger partial charge in [0, 0.05) is 37.7 Å². The molecule has 1 fully saturated rings. The van der Waals surface area contributed by atoms with Crippen molar-refractivity contribution < 1.29 is 19.4 Å². The van der Waals surface area contributed by atoms with Gasteiger partial charge in [-0.1, -0.05) is 36.4 Å². The number of Topliss-reactive ketones (excluding diaryl/α,β-unsaturated/α-hetero) is 1. The predicted octanol–water partition coefficient (Wildman–Crippen LogP) is 4.07. The van der Waals surface area contributed by atoms with E-state index in [9.17, 15) is 14.7 Å². The number of amides is 1. The quantitative estimate of drug-likeness (QED) is 0.603. The Morgan fingerprint density at radius 3 is 2.31 bits per heavy atom. The van der Waals surface area contributed by atoms with Gasteiger partial charge in [0.2, 0.25) is 0 Å². The average Bonchev–Trinajstić information content (AvgIpc) is 3.47. The lowest BCUT2D eigenvalue weighted by Crippen LogP contribution is -2.29. The first kappa shape index (κ1) is 22.7. The van der Waals surface area contributed by atoms with Gasteiger partial charge < -0.3 is 14.7 Å². The smallest absolute Gasteiger partial charge is 0.253 e. The Morgan fingerprint density at radius 2 is 1.69 bits per heavy atom. The maximum absolute atomic E-state index is 12.6. The third-order valence-electron chi connectivity index (χ3n) is 6.97. The number of carbonyl (C=O) groups is 2. The molecule has 1 N–H and O–H groups in total. The van der Waals surface area contributed by atoms with E-state index in [1.807, 2.05) is 0 Å². The van der Waals surface area contributed by atoms with Crippen molar-refractivity contribution in [1.29, 1.82) is 0 Å². The number of hydrogen-bond acceptors (Lipinski definition) is 4. The molecule has 1 amide bonds. The molecule has 1 aliphatic carbocycles. The lowest BCUT2D eigenvalue weighted by Gasteiger charge is -2.16. The van der Waals surface area contributed by atoms with Crippen molar-refractivity contribution in [2.75, 3.05) is 20.2 Å². The molecule has 2 atom stereocenters. The van der Waals surface area contributed by atoms with Crippen molar-refractivity contribution in [1.82, 2.24) is 4.90 Å². The molecule has 1 aliphatic heterocycles. The number of nitrogens with zero attached hydrogens (tertiary/aromatic N) is 1. The molecule has 2 aromatic rings. The first-order valence-electron chi connectivity index (χ1n) is 11.7. The molecule has 2 aromatic carbocycles. The van der Waals surface area contributed by atoms with E-state index >= 15 is 0 Å². The number of aliphatic hydroxyl groups is 1. The van der Waals surface area contributed by atoms with E-state index in [0.29, 0.717) is 43.0 Å². The van der Waals surface area contributed by atoms with Gasteiger partial charge in [-0.2, -0.15) is 0 Å². The molecule has 5 nitrogen and oxygen atoms in total. The highest BCUT2D eigenvalue weighted by molar-refractivity contribution is 5.98. The second-order valence-corrected chi connectivity index (χ2v) is 9.21. The van der Waals surface area contributed by atoms with Gasteiger partial charge in [0.1, 0.15) is 0 Å². The van der Waals surface area contributed by atoms with E-state index < -0.39 is 6.10 Å². The normalized spacial score (nSPS) is 19.2. The van der Waals surface area contributed by atoms with Crippen LogP contribution in [0.4, 0.5) is 0 Å². The van der Waals surface area contributed by atoms with Crippen LogP contribution in [-0.2, 0) is 17.6 Å². The monoisotopic (exact) mass is 435 g/mol. The van der Waals surface area contributed by atoms with Gasteiger partial charge in [-0.05, 0) is 67.7 Å². The molecule has 2 aliphatic rings. The number of benzene rings is 2. The van der Waals surface area contributed by atoms with Gasteiger partial charge in [-0.3, -0.25) is 9.59 Å². The molecule has 1 unspecified atom stereocenters. The topological polar surface area (TPSA) is 66.8 Å². The number of aliphatic hydroxyl groups excluding tert-OH is 1. The van der Waals surface area contributed by atoms with Crippen molar-refractivity contribution in [2.24, 2.45) is 5.92 Å².